The van der Waals surface area contributed by atoms with Gasteiger partial charge in [0.25, 0.3) is 5.91 Å². The molecule has 6 heteroatoms. The number of hydrogen-bond donors (Lipinski definition) is 3. The van der Waals surface area contributed by atoms with E-state index >= 15 is 0 Å². The van der Waals surface area contributed by atoms with E-state index in [9.17, 15) is 4.79 Å². The molecule has 5 nitrogen and oxygen atoms in total. The minimum absolute atomic E-state index is 0.281. The van der Waals surface area contributed by atoms with Gasteiger partial charge >= 0.3 is 0 Å². The van der Waals surface area contributed by atoms with E-state index in [1.54, 1.807) is 31.4 Å². The van der Waals surface area contributed by atoms with E-state index in [2.05, 4.69) is 30.0 Å². The lowest BCUT2D eigenvalue weighted by Gasteiger charge is -2.13. The molecule has 0 aliphatic heterocycles. The van der Waals surface area contributed by atoms with Crippen molar-refractivity contribution in [1.82, 2.24) is 10.9 Å². The van der Waals surface area contributed by atoms with Crippen LogP contribution in [0.15, 0.2) is 48.5 Å². The Morgan fingerprint density at radius 1 is 1.00 bits per heavy atom. The largest absolute Gasteiger partial charge is 0.497 e. The smallest absolute Gasteiger partial charge is 0.269 e. The molecule has 0 unspecified atom stereocenters. The first-order valence-corrected chi connectivity index (χ1v) is 8.01. The second kappa shape index (κ2) is 8.31. The molecule has 0 aromatic heterocycles. The molecule has 0 saturated heterocycles. The van der Waals surface area contributed by atoms with Crippen LogP contribution in [-0.4, -0.2) is 18.1 Å². The fourth-order valence-electron chi connectivity index (χ4n) is 2.04. The number of nitrogens with one attached hydrogen (secondary N) is 3. The van der Waals surface area contributed by atoms with Crippen LogP contribution in [0.1, 0.15) is 35.7 Å². The molecule has 1 amide bonds. The van der Waals surface area contributed by atoms with E-state index in [0.29, 0.717) is 22.3 Å². The summed E-state index contributed by atoms with van der Waals surface area (Å²) in [6.07, 6.45) is 0. The van der Waals surface area contributed by atoms with Crippen molar-refractivity contribution in [1.29, 1.82) is 0 Å². The van der Waals surface area contributed by atoms with Crippen LogP contribution in [0.4, 0.5) is 5.69 Å². The number of anilines is 1. The molecule has 0 heterocycles. The number of hydrazine groups is 1. The van der Waals surface area contributed by atoms with Crippen LogP contribution in [0.2, 0.25) is 0 Å². The van der Waals surface area contributed by atoms with Gasteiger partial charge in [0.2, 0.25) is 0 Å². The summed E-state index contributed by atoms with van der Waals surface area (Å²) in [6, 6.07) is 14.8. The molecule has 0 saturated carbocycles. The molecule has 0 spiro atoms. The zero-order valence-electron chi connectivity index (χ0n) is 13.9. The minimum atomic E-state index is -0.281. The Hall–Kier alpha value is -2.60. The van der Waals surface area contributed by atoms with Gasteiger partial charge in [-0.1, -0.05) is 26.0 Å². The number of methoxy groups -OCH3 is 1. The molecule has 24 heavy (non-hydrogen) atoms. The molecule has 0 aliphatic carbocycles. The van der Waals surface area contributed by atoms with E-state index in [1.807, 2.05) is 24.3 Å². The first-order chi connectivity index (χ1) is 11.5. The zero-order chi connectivity index (χ0) is 17.5. The summed E-state index contributed by atoms with van der Waals surface area (Å²) in [5.74, 6) is 0.895. The van der Waals surface area contributed by atoms with Gasteiger partial charge in [0.05, 0.1) is 7.11 Å². The van der Waals surface area contributed by atoms with E-state index in [0.717, 1.165) is 5.69 Å². The van der Waals surface area contributed by atoms with Crippen molar-refractivity contribution >= 4 is 28.9 Å². The number of thiocarbonyl (C=S) groups is 1. The monoisotopic (exact) mass is 343 g/mol. The zero-order valence-corrected chi connectivity index (χ0v) is 14.7. The summed E-state index contributed by atoms with van der Waals surface area (Å²) >= 11 is 5.17. The average Bonchev–Trinajstić information content (AvgIpc) is 2.60. The molecule has 0 radical (unpaired) electrons. The van der Waals surface area contributed by atoms with Gasteiger partial charge in [0.15, 0.2) is 5.11 Å². The fourth-order valence-corrected chi connectivity index (χ4v) is 2.21. The van der Waals surface area contributed by atoms with Crippen LogP contribution in [0.3, 0.4) is 0 Å². The Labute approximate surface area is 147 Å². The van der Waals surface area contributed by atoms with Gasteiger partial charge in [0.1, 0.15) is 5.75 Å². The highest BCUT2D eigenvalue weighted by Gasteiger charge is 2.06. The molecule has 0 bridgehead atoms. The van der Waals surface area contributed by atoms with Crippen LogP contribution in [0.25, 0.3) is 0 Å². The van der Waals surface area contributed by atoms with Crippen molar-refractivity contribution in [2.24, 2.45) is 0 Å². The van der Waals surface area contributed by atoms with Gasteiger partial charge in [0, 0.05) is 11.3 Å². The predicted molar refractivity (Wildman–Crippen MR) is 100 cm³/mol. The van der Waals surface area contributed by atoms with Crippen molar-refractivity contribution in [2.75, 3.05) is 12.4 Å². The summed E-state index contributed by atoms with van der Waals surface area (Å²) in [7, 11) is 1.58. The third kappa shape index (κ3) is 4.96. The predicted octanol–water partition coefficient (Wildman–Crippen LogP) is 3.45. The maximum Gasteiger partial charge on any atom is 0.269 e. The molecule has 3 N–H and O–H groups in total. The number of benzene rings is 2. The molecule has 2 rings (SSSR count). The van der Waals surface area contributed by atoms with Gasteiger partial charge in [-0.3, -0.25) is 15.6 Å². The van der Waals surface area contributed by atoms with Crippen molar-refractivity contribution in [3.63, 3.8) is 0 Å². The van der Waals surface area contributed by atoms with Crippen LogP contribution >= 0.6 is 12.2 Å². The summed E-state index contributed by atoms with van der Waals surface area (Å²) in [4.78, 5) is 12.0. The molecule has 0 atom stereocenters. The maximum absolute atomic E-state index is 12.0. The topological polar surface area (TPSA) is 62.4 Å². The number of carbonyl (C=O) groups is 1. The second-order valence-corrected chi connectivity index (χ2v) is 5.95. The van der Waals surface area contributed by atoms with Gasteiger partial charge in [-0.05, 0) is 60.1 Å². The van der Waals surface area contributed by atoms with Gasteiger partial charge < -0.3 is 10.1 Å². The van der Waals surface area contributed by atoms with Crippen LogP contribution in [0, 0.1) is 0 Å². The third-order valence-electron chi connectivity index (χ3n) is 3.48. The molecular weight excluding hydrogens is 322 g/mol. The molecule has 0 fully saturated rings. The number of carbonyl (C=O) groups excluding carboxylic acids is 1. The number of amides is 1. The first kappa shape index (κ1) is 17.7. The summed E-state index contributed by atoms with van der Waals surface area (Å²) in [5.41, 5.74) is 7.86. The van der Waals surface area contributed by atoms with Gasteiger partial charge in [-0.25, -0.2) is 0 Å². The third-order valence-corrected chi connectivity index (χ3v) is 3.68. The maximum atomic E-state index is 12.0. The second-order valence-electron chi connectivity index (χ2n) is 5.54. The van der Waals surface area contributed by atoms with E-state index < -0.39 is 0 Å². The molecule has 2 aromatic carbocycles. The SMILES string of the molecule is COc1ccc(C(=O)NNC(=S)Nc2ccc(C(C)C)cc2)cc1. The van der Waals surface area contributed by atoms with E-state index in [4.69, 9.17) is 17.0 Å². The number of ether oxygens (including phenoxy) is 1. The van der Waals surface area contributed by atoms with Crippen LogP contribution in [0.5, 0.6) is 5.75 Å². The highest BCUT2D eigenvalue weighted by molar-refractivity contribution is 7.80. The van der Waals surface area contributed by atoms with Crippen LogP contribution in [-0.2, 0) is 0 Å². The van der Waals surface area contributed by atoms with Crippen molar-refractivity contribution < 1.29 is 9.53 Å². The van der Waals surface area contributed by atoms with Crippen LogP contribution < -0.4 is 20.9 Å². The lowest BCUT2D eigenvalue weighted by Crippen LogP contribution is -2.43. The highest BCUT2D eigenvalue weighted by atomic mass is 32.1. The van der Waals surface area contributed by atoms with Crippen molar-refractivity contribution in [2.45, 2.75) is 19.8 Å². The van der Waals surface area contributed by atoms with E-state index in [-0.39, 0.29) is 5.91 Å². The summed E-state index contributed by atoms with van der Waals surface area (Å²) < 4.78 is 5.06. The van der Waals surface area contributed by atoms with Crippen molar-refractivity contribution in [3.8, 4) is 5.75 Å². The summed E-state index contributed by atoms with van der Waals surface area (Å²) in [5, 5.41) is 3.33. The Morgan fingerprint density at radius 2 is 1.62 bits per heavy atom. The lowest BCUT2D eigenvalue weighted by atomic mass is 10.0. The molecule has 2 aromatic rings. The Morgan fingerprint density at radius 3 is 2.17 bits per heavy atom. The summed E-state index contributed by atoms with van der Waals surface area (Å²) in [6.45, 7) is 4.28. The lowest BCUT2D eigenvalue weighted by molar-refractivity contribution is 0.0944. The minimum Gasteiger partial charge on any atom is -0.497 e. The van der Waals surface area contributed by atoms with Gasteiger partial charge in [-0.15, -0.1) is 0 Å². The average molecular weight is 343 g/mol. The Bertz CT molecular complexity index is 697. The van der Waals surface area contributed by atoms with Gasteiger partial charge in [-0.2, -0.15) is 0 Å². The Balaban J connectivity index is 1.84. The van der Waals surface area contributed by atoms with E-state index in [1.165, 1.54) is 5.56 Å². The molecular formula is C18H21N3O2S. The first-order valence-electron chi connectivity index (χ1n) is 7.61. The normalized spacial score (nSPS) is 10.2. The molecule has 126 valence electrons. The number of hydrogen-bond acceptors (Lipinski definition) is 3. The fraction of sp³-hybridized carbons (Fsp3) is 0.222. The standard InChI is InChI=1S/C18H21N3O2S/c1-12(2)13-4-8-15(9-5-13)19-18(24)21-20-17(22)14-6-10-16(23-3)11-7-14/h4-12H,1-3H3,(H,20,22)(H2,19,21,24). The Kier molecular flexibility index (Phi) is 6.14. The van der Waals surface area contributed by atoms with Crippen molar-refractivity contribution in [3.05, 3.63) is 59.7 Å². The quantitative estimate of drug-likeness (QED) is 0.586. The highest BCUT2D eigenvalue weighted by Crippen LogP contribution is 2.17. The molecule has 0 aliphatic rings. The number of rotatable bonds is 4.